The molecule has 0 atom stereocenters. The van der Waals surface area contributed by atoms with Crippen LogP contribution in [-0.4, -0.2) is 11.9 Å². The van der Waals surface area contributed by atoms with Crippen molar-refractivity contribution >= 4 is 11.9 Å². The van der Waals surface area contributed by atoms with Crippen molar-refractivity contribution in [3.63, 3.8) is 0 Å². The summed E-state index contributed by atoms with van der Waals surface area (Å²) in [7, 11) is 0. The van der Waals surface area contributed by atoms with E-state index in [0.717, 1.165) is 35.1 Å². The molecule has 0 saturated carbocycles. The molecule has 3 aromatic rings. The fourth-order valence-electron chi connectivity index (χ4n) is 2.74. The van der Waals surface area contributed by atoms with E-state index in [1.165, 1.54) is 18.4 Å². The van der Waals surface area contributed by atoms with Gasteiger partial charge >= 0.3 is 11.9 Å². The van der Waals surface area contributed by atoms with Crippen molar-refractivity contribution in [2.45, 2.75) is 0 Å². The first kappa shape index (κ1) is 22.2. The fraction of sp³-hybridized carbons (Fsp3) is 0. The molecule has 3 rings (SSSR count). The average molecular weight is 430 g/mol. The molecule has 0 radical (unpaired) electrons. The van der Waals surface area contributed by atoms with E-state index in [-0.39, 0.29) is 5.75 Å². The molecule has 0 N–H and O–H groups in total. The number of hydrogen-bond acceptors (Lipinski definition) is 5. The Labute approximate surface area is 184 Å². The molecule has 0 bridgehead atoms. The number of esters is 2. The third kappa shape index (κ3) is 5.79. The first-order chi connectivity index (χ1) is 15.5. The fourth-order valence-corrected chi connectivity index (χ4v) is 2.74. The summed E-state index contributed by atoms with van der Waals surface area (Å²) in [4.78, 5) is 22.2. The molecule has 0 amide bonds. The van der Waals surface area contributed by atoms with Gasteiger partial charge in [0, 0.05) is 12.2 Å². The molecular formula is C26H19FO5. The van der Waals surface area contributed by atoms with Crippen LogP contribution in [-0.2, 0) is 14.3 Å². The van der Waals surface area contributed by atoms with E-state index < -0.39 is 17.8 Å². The zero-order valence-corrected chi connectivity index (χ0v) is 17.0. The van der Waals surface area contributed by atoms with Crippen LogP contribution in [0, 0.1) is 5.82 Å². The van der Waals surface area contributed by atoms with Gasteiger partial charge in [-0.2, -0.15) is 0 Å². The van der Waals surface area contributed by atoms with Crippen molar-refractivity contribution in [3.05, 3.63) is 110 Å². The summed E-state index contributed by atoms with van der Waals surface area (Å²) in [6, 6.07) is 19.3. The predicted octanol–water partition coefficient (Wildman–Crippen LogP) is 5.83. The van der Waals surface area contributed by atoms with Gasteiger partial charge in [-0.1, -0.05) is 55.6 Å². The Morgan fingerprint density at radius 2 is 1.25 bits per heavy atom. The standard InChI is InChI=1S/C26H19FO5/c1-3-25(28)31-16-15-30-22-12-9-19(10-13-22)18-5-7-20(8-6-18)21-11-14-24(23(27)17-21)32-26(29)4-2/h3-17H,1-2H2. The second-order valence-corrected chi connectivity index (χ2v) is 6.40. The molecule has 0 aromatic heterocycles. The van der Waals surface area contributed by atoms with E-state index in [0.29, 0.717) is 11.3 Å². The highest BCUT2D eigenvalue weighted by atomic mass is 19.1. The van der Waals surface area contributed by atoms with Crippen molar-refractivity contribution in [1.82, 2.24) is 0 Å². The van der Waals surface area contributed by atoms with Gasteiger partial charge in [0.15, 0.2) is 11.6 Å². The Balaban J connectivity index is 1.67. The van der Waals surface area contributed by atoms with Gasteiger partial charge in [-0.3, -0.25) is 0 Å². The van der Waals surface area contributed by atoms with Crippen LogP contribution < -0.4 is 9.47 Å². The minimum absolute atomic E-state index is 0.147. The smallest absolute Gasteiger partial charge is 0.335 e. The summed E-state index contributed by atoms with van der Waals surface area (Å²) < 4.78 is 29.1. The summed E-state index contributed by atoms with van der Waals surface area (Å²) in [6.07, 6.45) is 4.42. The van der Waals surface area contributed by atoms with Gasteiger partial charge in [-0.05, 0) is 46.5 Å². The third-order valence-electron chi connectivity index (χ3n) is 4.33. The van der Waals surface area contributed by atoms with E-state index in [9.17, 15) is 14.0 Å². The summed E-state index contributed by atoms with van der Waals surface area (Å²) in [5.74, 6) is -1.50. The summed E-state index contributed by atoms with van der Waals surface area (Å²) in [6.45, 7) is 6.58. The molecule has 160 valence electrons. The highest BCUT2D eigenvalue weighted by Gasteiger charge is 2.09. The topological polar surface area (TPSA) is 61.8 Å². The monoisotopic (exact) mass is 430 g/mol. The van der Waals surface area contributed by atoms with Crippen molar-refractivity contribution in [2.75, 3.05) is 0 Å². The van der Waals surface area contributed by atoms with E-state index >= 15 is 0 Å². The minimum atomic E-state index is -0.718. The molecular weight excluding hydrogens is 411 g/mol. The second-order valence-electron chi connectivity index (χ2n) is 6.40. The van der Waals surface area contributed by atoms with E-state index in [2.05, 4.69) is 17.9 Å². The van der Waals surface area contributed by atoms with Crippen molar-refractivity contribution in [3.8, 4) is 33.8 Å². The average Bonchev–Trinajstić information content (AvgIpc) is 2.83. The summed E-state index contributed by atoms with van der Waals surface area (Å²) in [5.41, 5.74) is 3.39. The SMILES string of the molecule is C=CC(=O)OC=COc1ccc(-c2ccc(-c3ccc(OC(=O)C=C)c(F)c3)cc2)cc1. The van der Waals surface area contributed by atoms with Gasteiger partial charge in [-0.15, -0.1) is 0 Å². The zero-order chi connectivity index (χ0) is 22.9. The van der Waals surface area contributed by atoms with Crippen molar-refractivity contribution in [2.24, 2.45) is 0 Å². The van der Waals surface area contributed by atoms with Crippen LogP contribution in [0.25, 0.3) is 22.3 Å². The summed E-state index contributed by atoms with van der Waals surface area (Å²) >= 11 is 0. The zero-order valence-electron chi connectivity index (χ0n) is 17.0. The number of rotatable bonds is 8. The van der Waals surface area contributed by atoms with Crippen LogP contribution >= 0.6 is 0 Å². The van der Waals surface area contributed by atoms with Gasteiger partial charge in [0.1, 0.15) is 18.3 Å². The Hall–Kier alpha value is -4.45. The maximum Gasteiger partial charge on any atom is 0.335 e. The number of ether oxygens (including phenoxy) is 3. The Morgan fingerprint density at radius 1 is 0.719 bits per heavy atom. The van der Waals surface area contributed by atoms with Crippen LogP contribution in [0.5, 0.6) is 11.5 Å². The van der Waals surface area contributed by atoms with Crippen molar-refractivity contribution < 1.29 is 28.2 Å². The molecule has 0 heterocycles. The highest BCUT2D eigenvalue weighted by molar-refractivity contribution is 5.83. The normalized spacial score (nSPS) is 10.4. The number of carbonyl (C=O) groups is 2. The summed E-state index contributed by atoms with van der Waals surface area (Å²) in [5, 5.41) is 0. The number of halogens is 1. The molecule has 0 unspecified atom stereocenters. The van der Waals surface area contributed by atoms with Gasteiger partial charge in [-0.25, -0.2) is 14.0 Å². The quantitative estimate of drug-likeness (QED) is 0.195. The molecule has 0 spiro atoms. The molecule has 0 aliphatic rings. The van der Waals surface area contributed by atoms with E-state index in [1.807, 2.05) is 36.4 Å². The van der Waals surface area contributed by atoms with E-state index in [4.69, 9.17) is 9.47 Å². The van der Waals surface area contributed by atoms with Crippen LogP contribution in [0.1, 0.15) is 0 Å². The van der Waals surface area contributed by atoms with Crippen molar-refractivity contribution in [1.29, 1.82) is 0 Å². The molecule has 5 nitrogen and oxygen atoms in total. The lowest BCUT2D eigenvalue weighted by Crippen LogP contribution is -2.04. The number of carbonyl (C=O) groups excluding carboxylic acids is 2. The first-order valence-corrected chi connectivity index (χ1v) is 9.49. The third-order valence-corrected chi connectivity index (χ3v) is 4.33. The second kappa shape index (κ2) is 10.5. The largest absolute Gasteiger partial charge is 0.462 e. The molecule has 0 aliphatic heterocycles. The lowest BCUT2D eigenvalue weighted by molar-refractivity contribution is -0.132. The number of hydrogen-bond donors (Lipinski definition) is 0. The van der Waals surface area contributed by atoms with Gasteiger partial charge < -0.3 is 14.2 Å². The Kier molecular flexibility index (Phi) is 7.33. The molecule has 32 heavy (non-hydrogen) atoms. The maximum atomic E-state index is 14.2. The molecule has 0 saturated heterocycles. The highest BCUT2D eigenvalue weighted by Crippen LogP contribution is 2.29. The minimum Gasteiger partial charge on any atom is -0.462 e. The van der Waals surface area contributed by atoms with E-state index in [1.54, 1.807) is 18.2 Å². The number of benzene rings is 3. The lowest BCUT2D eigenvalue weighted by atomic mass is 10.00. The Morgan fingerprint density at radius 3 is 1.81 bits per heavy atom. The van der Waals surface area contributed by atoms with Crippen LogP contribution in [0.3, 0.4) is 0 Å². The molecule has 0 fully saturated rings. The van der Waals surface area contributed by atoms with Gasteiger partial charge in [0.2, 0.25) is 0 Å². The lowest BCUT2D eigenvalue weighted by Gasteiger charge is -2.08. The molecule has 6 heteroatoms. The van der Waals surface area contributed by atoms with Crippen LogP contribution in [0.4, 0.5) is 4.39 Å². The van der Waals surface area contributed by atoms with Crippen LogP contribution in [0.2, 0.25) is 0 Å². The van der Waals surface area contributed by atoms with Gasteiger partial charge in [0.05, 0.1) is 0 Å². The predicted molar refractivity (Wildman–Crippen MR) is 119 cm³/mol. The molecule has 3 aromatic carbocycles. The van der Waals surface area contributed by atoms with Crippen LogP contribution in [0.15, 0.2) is 105 Å². The Bertz CT molecular complexity index is 1160. The maximum absolute atomic E-state index is 14.2. The molecule has 0 aliphatic carbocycles. The first-order valence-electron chi connectivity index (χ1n) is 9.49. The van der Waals surface area contributed by atoms with Gasteiger partial charge in [0.25, 0.3) is 0 Å².